The molecule has 13 heavy (non-hydrogen) atoms. The van der Waals surface area contributed by atoms with Crippen LogP contribution in [0.5, 0.6) is 0 Å². The third-order valence-electron chi connectivity index (χ3n) is 1.48. The predicted molar refractivity (Wildman–Crippen MR) is 48.1 cm³/mol. The van der Waals surface area contributed by atoms with Gasteiger partial charge in [0.25, 0.3) is 0 Å². The number of nitrogens with one attached hydrogen (secondary N) is 1. The molecule has 0 bridgehead atoms. The summed E-state index contributed by atoms with van der Waals surface area (Å²) in [5.74, 6) is -0.201. The Morgan fingerprint density at radius 1 is 1.23 bits per heavy atom. The summed E-state index contributed by atoms with van der Waals surface area (Å²) in [5.41, 5.74) is 1.75. The molecule has 1 N–H and O–H groups in total. The fourth-order valence-electron chi connectivity index (χ4n) is 0.904. The van der Waals surface area contributed by atoms with E-state index in [2.05, 4.69) is 0 Å². The van der Waals surface area contributed by atoms with E-state index in [0.717, 1.165) is 5.56 Å². The van der Waals surface area contributed by atoms with E-state index >= 15 is 0 Å². The molecule has 1 aromatic carbocycles. The maximum absolute atomic E-state index is 10.6. The Bertz CT molecular complexity index is 358. The molecule has 0 aliphatic rings. The number of hydrogen-bond donors (Lipinski definition) is 0. The first-order valence-electron chi connectivity index (χ1n) is 3.50. The fourth-order valence-corrected chi connectivity index (χ4v) is 1.54. The van der Waals surface area contributed by atoms with Crippen molar-refractivity contribution in [2.24, 2.45) is 0 Å². The van der Waals surface area contributed by atoms with Gasteiger partial charge in [-0.1, -0.05) is 29.8 Å². The topological polar surface area (TPSA) is 57.9 Å². The van der Waals surface area contributed by atoms with Gasteiger partial charge in [0.1, 0.15) is 0 Å². The summed E-state index contributed by atoms with van der Waals surface area (Å²) < 4.78 is 21.1. The van der Waals surface area contributed by atoms with Gasteiger partial charge < -0.3 is 5.14 Å². The number of sulfonamides is 1. The first-order chi connectivity index (χ1) is 5.47. The third-order valence-corrected chi connectivity index (χ3v) is 2.19. The zero-order chi connectivity index (χ0) is 9.19. The standard InChI is InChI=1S/C8H10NO2S.K/c1-7-2-4-8(5-3-7)6-12(9,10)11;/h2-5H,6H2,1H3,(H-,9,10,11);/q-1;+1. The maximum Gasteiger partial charge on any atom is 1.00 e. The first-order valence-corrected chi connectivity index (χ1v) is 5.15. The largest absolute Gasteiger partial charge is 1.00 e. The molecule has 0 radical (unpaired) electrons. The maximum atomic E-state index is 10.6. The Balaban J connectivity index is 0.00000144. The normalized spacial score (nSPS) is 10.6. The molecule has 0 heterocycles. The second-order valence-corrected chi connectivity index (χ2v) is 4.26. The molecular formula is C8H10KNO2S. The summed E-state index contributed by atoms with van der Waals surface area (Å²) >= 11 is 0. The summed E-state index contributed by atoms with van der Waals surface area (Å²) in [4.78, 5) is 0. The molecule has 5 heteroatoms. The smallest absolute Gasteiger partial charge is 0.564 e. The second kappa shape index (κ2) is 5.60. The minimum Gasteiger partial charge on any atom is -0.564 e. The number of hydrogen-bond acceptors (Lipinski definition) is 2. The number of aryl methyl sites for hydroxylation is 1. The van der Waals surface area contributed by atoms with Crippen LogP contribution in [0.15, 0.2) is 24.3 Å². The van der Waals surface area contributed by atoms with E-state index in [1.807, 2.05) is 19.1 Å². The Labute approximate surface area is 121 Å². The van der Waals surface area contributed by atoms with Crippen LogP contribution in [-0.4, -0.2) is 8.42 Å². The Hall–Kier alpha value is 0.766. The Kier molecular flexibility index (Phi) is 5.93. The molecule has 0 aromatic heterocycles. The van der Waals surface area contributed by atoms with Crippen LogP contribution in [0.4, 0.5) is 0 Å². The van der Waals surface area contributed by atoms with Crippen LogP contribution < -0.4 is 51.4 Å². The van der Waals surface area contributed by atoms with Crippen molar-refractivity contribution in [1.29, 1.82) is 0 Å². The van der Waals surface area contributed by atoms with Crippen LogP contribution in [0.1, 0.15) is 11.1 Å². The predicted octanol–water partition coefficient (Wildman–Crippen LogP) is -1.12. The molecule has 0 aliphatic carbocycles. The molecule has 0 aliphatic heterocycles. The van der Waals surface area contributed by atoms with E-state index in [9.17, 15) is 8.42 Å². The molecule has 0 spiro atoms. The first kappa shape index (κ1) is 13.8. The third kappa shape index (κ3) is 5.95. The molecule has 0 unspecified atom stereocenters. The van der Waals surface area contributed by atoms with Gasteiger partial charge in [0.15, 0.2) is 0 Å². The van der Waals surface area contributed by atoms with Crippen molar-refractivity contribution in [1.82, 2.24) is 0 Å². The van der Waals surface area contributed by atoms with E-state index < -0.39 is 10.0 Å². The van der Waals surface area contributed by atoms with Gasteiger partial charge >= 0.3 is 51.4 Å². The van der Waals surface area contributed by atoms with E-state index in [0.29, 0.717) is 5.56 Å². The van der Waals surface area contributed by atoms with Gasteiger partial charge in [0.2, 0.25) is 0 Å². The van der Waals surface area contributed by atoms with Crippen LogP contribution in [0, 0.1) is 6.92 Å². The van der Waals surface area contributed by atoms with E-state index in [1.165, 1.54) is 0 Å². The molecule has 0 atom stereocenters. The van der Waals surface area contributed by atoms with Gasteiger partial charge in [0, 0.05) is 0 Å². The van der Waals surface area contributed by atoms with Crippen molar-refractivity contribution in [2.45, 2.75) is 12.7 Å². The molecule has 66 valence electrons. The van der Waals surface area contributed by atoms with Crippen molar-refractivity contribution in [3.8, 4) is 0 Å². The second-order valence-electron chi connectivity index (χ2n) is 2.74. The van der Waals surface area contributed by atoms with Crippen molar-refractivity contribution >= 4 is 10.0 Å². The molecule has 1 rings (SSSR count). The Morgan fingerprint density at radius 2 is 1.69 bits per heavy atom. The summed E-state index contributed by atoms with van der Waals surface area (Å²) in [5, 5.41) is 6.70. The van der Waals surface area contributed by atoms with Crippen LogP contribution in [0.3, 0.4) is 0 Å². The van der Waals surface area contributed by atoms with Crippen LogP contribution >= 0.6 is 0 Å². The van der Waals surface area contributed by atoms with Gasteiger partial charge in [-0.05, 0) is 12.5 Å². The van der Waals surface area contributed by atoms with Crippen LogP contribution in [-0.2, 0) is 15.8 Å². The number of rotatable bonds is 2. The van der Waals surface area contributed by atoms with Crippen molar-refractivity contribution in [2.75, 3.05) is 0 Å². The van der Waals surface area contributed by atoms with Gasteiger partial charge in [-0.3, -0.25) is 0 Å². The van der Waals surface area contributed by atoms with Gasteiger partial charge in [-0.15, -0.1) is 0 Å². The molecule has 0 fully saturated rings. The number of benzene rings is 1. The van der Waals surface area contributed by atoms with E-state index in [4.69, 9.17) is 5.14 Å². The van der Waals surface area contributed by atoms with Gasteiger partial charge in [0.05, 0.1) is 15.8 Å². The molecule has 1 aromatic rings. The van der Waals surface area contributed by atoms with E-state index in [-0.39, 0.29) is 57.1 Å². The zero-order valence-electron chi connectivity index (χ0n) is 7.74. The molecule has 0 saturated carbocycles. The van der Waals surface area contributed by atoms with Crippen molar-refractivity contribution in [3.63, 3.8) is 0 Å². The molecule has 0 saturated heterocycles. The minimum atomic E-state index is -3.64. The zero-order valence-corrected chi connectivity index (χ0v) is 11.7. The van der Waals surface area contributed by atoms with Gasteiger partial charge in [-0.25, -0.2) is 8.42 Å². The van der Waals surface area contributed by atoms with E-state index in [1.54, 1.807) is 12.1 Å². The Morgan fingerprint density at radius 3 is 2.08 bits per heavy atom. The van der Waals surface area contributed by atoms with Crippen molar-refractivity contribution < 1.29 is 59.8 Å². The average Bonchev–Trinajstić information content (AvgIpc) is 1.91. The fraction of sp³-hybridized carbons (Fsp3) is 0.250. The SMILES string of the molecule is Cc1ccc(CS([NH-])(=O)=O)cc1.[K+]. The molecule has 0 amide bonds. The quantitative estimate of drug-likeness (QED) is 0.596. The molecular weight excluding hydrogens is 213 g/mol. The minimum absolute atomic E-state index is 0. The monoisotopic (exact) mass is 223 g/mol. The summed E-state index contributed by atoms with van der Waals surface area (Å²) in [6, 6.07) is 7.11. The van der Waals surface area contributed by atoms with Crippen molar-refractivity contribution in [3.05, 3.63) is 40.5 Å². The van der Waals surface area contributed by atoms with Gasteiger partial charge in [-0.2, -0.15) is 0 Å². The average molecular weight is 223 g/mol. The molecule has 3 nitrogen and oxygen atoms in total. The summed E-state index contributed by atoms with van der Waals surface area (Å²) in [7, 11) is -3.64. The summed E-state index contributed by atoms with van der Waals surface area (Å²) in [6.07, 6.45) is 0. The van der Waals surface area contributed by atoms with Crippen LogP contribution in [0.2, 0.25) is 0 Å². The van der Waals surface area contributed by atoms with Crippen LogP contribution in [0.25, 0.3) is 5.14 Å². The summed E-state index contributed by atoms with van der Waals surface area (Å²) in [6.45, 7) is 1.93.